The van der Waals surface area contributed by atoms with Crippen LogP contribution >= 0.6 is 0 Å². The SMILES string of the molecule is O=C1N[C@H](Cc2c[nH]c3ccccc23)C(=O)N1CC(=O)N1CCC[C@@H]1c1ccc2c(c1)OCCO2. The molecule has 3 aliphatic rings. The number of imide groups is 1. The predicted octanol–water partition coefficient (Wildman–Crippen LogP) is 2.77. The van der Waals surface area contributed by atoms with E-state index in [2.05, 4.69) is 10.3 Å². The Bertz CT molecular complexity index is 1320. The Labute approximate surface area is 202 Å². The van der Waals surface area contributed by atoms with Crippen molar-refractivity contribution in [3.05, 3.63) is 59.8 Å². The Hall–Kier alpha value is -4.01. The Balaban J connectivity index is 1.15. The lowest BCUT2D eigenvalue weighted by Crippen LogP contribution is -2.43. The maximum absolute atomic E-state index is 13.3. The lowest BCUT2D eigenvalue weighted by atomic mass is 10.0. The minimum absolute atomic E-state index is 0.124. The molecule has 0 bridgehead atoms. The first-order valence-corrected chi connectivity index (χ1v) is 11.9. The van der Waals surface area contributed by atoms with E-state index < -0.39 is 12.1 Å². The highest BCUT2D eigenvalue weighted by Gasteiger charge is 2.41. The first-order valence-electron chi connectivity index (χ1n) is 11.9. The Kier molecular flexibility index (Phi) is 5.32. The number of rotatable bonds is 5. The number of nitrogens with zero attached hydrogens (tertiary/aromatic N) is 2. The number of nitrogens with one attached hydrogen (secondary N) is 2. The van der Waals surface area contributed by atoms with Crippen LogP contribution in [-0.4, -0.2) is 65.0 Å². The average molecular weight is 475 g/mol. The van der Waals surface area contributed by atoms with Gasteiger partial charge in [0, 0.05) is 30.1 Å². The van der Waals surface area contributed by atoms with Gasteiger partial charge in [-0.05, 0) is 42.2 Å². The van der Waals surface area contributed by atoms with Gasteiger partial charge in [-0.25, -0.2) is 4.79 Å². The standard InChI is InChI=1S/C26H26N4O5/c31-24(29-9-3-6-21(29)16-7-8-22-23(13-16)35-11-10-34-22)15-30-25(32)20(28-26(30)33)12-17-14-27-19-5-2-1-4-18(17)19/h1-2,4-5,7-8,13-14,20-21,27H,3,6,9-12,15H2,(H,28,33)/t20-,21-/m1/s1. The van der Waals surface area contributed by atoms with Crippen molar-refractivity contribution in [3.63, 3.8) is 0 Å². The number of hydrogen-bond donors (Lipinski definition) is 2. The summed E-state index contributed by atoms with van der Waals surface area (Å²) in [5, 5.41) is 3.77. The lowest BCUT2D eigenvalue weighted by Gasteiger charge is -2.28. The molecular weight excluding hydrogens is 448 g/mol. The molecule has 4 heterocycles. The van der Waals surface area contributed by atoms with E-state index in [4.69, 9.17) is 9.47 Å². The Morgan fingerprint density at radius 1 is 1.06 bits per heavy atom. The Morgan fingerprint density at radius 2 is 1.89 bits per heavy atom. The number of fused-ring (bicyclic) bond motifs is 2. The molecule has 0 aliphatic carbocycles. The lowest BCUT2D eigenvalue weighted by molar-refractivity contribution is -0.138. The number of aromatic nitrogens is 1. The van der Waals surface area contributed by atoms with Crippen molar-refractivity contribution in [2.45, 2.75) is 31.3 Å². The van der Waals surface area contributed by atoms with E-state index >= 15 is 0 Å². The summed E-state index contributed by atoms with van der Waals surface area (Å²) in [7, 11) is 0. The van der Waals surface area contributed by atoms with E-state index in [1.807, 2.05) is 48.7 Å². The van der Waals surface area contributed by atoms with Crippen molar-refractivity contribution in [1.29, 1.82) is 0 Å². The molecule has 3 aliphatic heterocycles. The minimum atomic E-state index is -0.693. The summed E-state index contributed by atoms with van der Waals surface area (Å²) in [5.41, 5.74) is 2.89. The van der Waals surface area contributed by atoms with Crippen LogP contribution in [0.5, 0.6) is 11.5 Å². The molecule has 0 unspecified atom stereocenters. The maximum Gasteiger partial charge on any atom is 0.325 e. The van der Waals surface area contributed by atoms with Crippen LogP contribution in [0.25, 0.3) is 10.9 Å². The molecule has 180 valence electrons. The molecule has 0 saturated carbocycles. The van der Waals surface area contributed by atoms with Crippen LogP contribution in [-0.2, 0) is 16.0 Å². The molecular formula is C26H26N4O5. The Morgan fingerprint density at radius 3 is 2.77 bits per heavy atom. The molecule has 2 fully saturated rings. The number of likely N-dealkylation sites (tertiary alicyclic amines) is 1. The number of urea groups is 1. The zero-order valence-corrected chi connectivity index (χ0v) is 19.2. The summed E-state index contributed by atoms with van der Waals surface area (Å²) in [5.74, 6) is 0.779. The number of hydrogen-bond acceptors (Lipinski definition) is 5. The number of ether oxygens (including phenoxy) is 2. The van der Waals surface area contributed by atoms with Crippen LogP contribution < -0.4 is 14.8 Å². The third-order valence-electron chi connectivity index (χ3n) is 7.02. The third kappa shape index (κ3) is 3.86. The highest BCUT2D eigenvalue weighted by Crippen LogP contribution is 2.38. The molecule has 4 amide bonds. The van der Waals surface area contributed by atoms with E-state index in [1.54, 1.807) is 4.90 Å². The summed E-state index contributed by atoms with van der Waals surface area (Å²) in [6, 6.07) is 12.2. The zero-order chi connectivity index (χ0) is 23.9. The van der Waals surface area contributed by atoms with E-state index in [0.717, 1.165) is 39.8 Å². The van der Waals surface area contributed by atoms with Gasteiger partial charge >= 0.3 is 6.03 Å². The topological polar surface area (TPSA) is 104 Å². The molecule has 0 spiro atoms. The number of carbonyl (C=O) groups excluding carboxylic acids is 3. The number of carbonyl (C=O) groups is 3. The molecule has 3 aromatic rings. The third-order valence-corrected chi connectivity index (χ3v) is 7.02. The maximum atomic E-state index is 13.3. The van der Waals surface area contributed by atoms with E-state index in [1.165, 1.54) is 0 Å². The van der Waals surface area contributed by atoms with Crippen molar-refractivity contribution in [2.75, 3.05) is 26.3 Å². The van der Waals surface area contributed by atoms with Gasteiger partial charge in [-0.3, -0.25) is 14.5 Å². The second kappa shape index (κ2) is 8.65. The molecule has 35 heavy (non-hydrogen) atoms. The second-order valence-electron chi connectivity index (χ2n) is 9.14. The number of H-pyrrole nitrogens is 1. The van der Waals surface area contributed by atoms with Crippen molar-refractivity contribution < 1.29 is 23.9 Å². The van der Waals surface area contributed by atoms with Gasteiger partial charge in [0.2, 0.25) is 5.91 Å². The molecule has 2 N–H and O–H groups in total. The van der Waals surface area contributed by atoms with Gasteiger partial charge < -0.3 is 24.7 Å². The molecule has 2 aromatic carbocycles. The quantitative estimate of drug-likeness (QED) is 0.554. The zero-order valence-electron chi connectivity index (χ0n) is 19.2. The highest BCUT2D eigenvalue weighted by atomic mass is 16.6. The van der Waals surface area contributed by atoms with Crippen molar-refractivity contribution >= 4 is 28.7 Å². The second-order valence-corrected chi connectivity index (χ2v) is 9.14. The molecule has 9 heteroatoms. The smallest absolute Gasteiger partial charge is 0.325 e. The van der Waals surface area contributed by atoms with E-state index in [-0.39, 0.29) is 24.4 Å². The van der Waals surface area contributed by atoms with Crippen molar-refractivity contribution in [2.24, 2.45) is 0 Å². The fourth-order valence-corrected chi connectivity index (χ4v) is 5.29. The van der Waals surface area contributed by atoms with Crippen molar-refractivity contribution in [1.82, 2.24) is 20.1 Å². The van der Waals surface area contributed by atoms with Crippen molar-refractivity contribution in [3.8, 4) is 11.5 Å². The van der Waals surface area contributed by atoms with Gasteiger partial charge in [-0.15, -0.1) is 0 Å². The summed E-state index contributed by atoms with van der Waals surface area (Å²) in [6.45, 7) is 1.33. The number of benzene rings is 2. The van der Waals surface area contributed by atoms with Crippen LogP contribution in [0.3, 0.4) is 0 Å². The van der Waals surface area contributed by atoms with Crippen LogP contribution in [0.15, 0.2) is 48.7 Å². The molecule has 2 atom stereocenters. The highest BCUT2D eigenvalue weighted by molar-refractivity contribution is 6.06. The van der Waals surface area contributed by atoms with Gasteiger partial charge in [0.05, 0.1) is 6.04 Å². The monoisotopic (exact) mass is 474 g/mol. The number of amides is 4. The van der Waals surface area contributed by atoms with E-state index in [0.29, 0.717) is 37.7 Å². The summed E-state index contributed by atoms with van der Waals surface area (Å²) < 4.78 is 11.3. The average Bonchev–Trinajstić information content (AvgIpc) is 3.59. The molecule has 2 saturated heterocycles. The van der Waals surface area contributed by atoms with Gasteiger partial charge in [0.15, 0.2) is 11.5 Å². The molecule has 6 rings (SSSR count). The van der Waals surface area contributed by atoms with Gasteiger partial charge in [0.1, 0.15) is 25.8 Å². The number of aromatic amines is 1. The largest absolute Gasteiger partial charge is 0.486 e. The molecule has 9 nitrogen and oxygen atoms in total. The van der Waals surface area contributed by atoms with Gasteiger partial charge in [-0.2, -0.15) is 0 Å². The van der Waals surface area contributed by atoms with Crippen LogP contribution in [0.1, 0.15) is 30.0 Å². The fourth-order valence-electron chi connectivity index (χ4n) is 5.29. The first kappa shape index (κ1) is 21.5. The molecule has 1 aromatic heterocycles. The summed E-state index contributed by atoms with van der Waals surface area (Å²) >= 11 is 0. The van der Waals surface area contributed by atoms with Crippen LogP contribution in [0, 0.1) is 0 Å². The van der Waals surface area contributed by atoms with Crippen LogP contribution in [0.2, 0.25) is 0 Å². The summed E-state index contributed by atoms with van der Waals surface area (Å²) in [4.78, 5) is 45.0. The normalized spacial score (nSPS) is 21.6. The van der Waals surface area contributed by atoms with Crippen LogP contribution in [0.4, 0.5) is 4.79 Å². The number of para-hydroxylation sites is 1. The summed E-state index contributed by atoms with van der Waals surface area (Å²) in [6.07, 6.45) is 3.89. The van der Waals surface area contributed by atoms with E-state index in [9.17, 15) is 14.4 Å². The van der Waals surface area contributed by atoms with Gasteiger partial charge in [-0.1, -0.05) is 24.3 Å². The predicted molar refractivity (Wildman–Crippen MR) is 127 cm³/mol. The first-order chi connectivity index (χ1) is 17.1. The minimum Gasteiger partial charge on any atom is -0.486 e. The van der Waals surface area contributed by atoms with Gasteiger partial charge in [0.25, 0.3) is 5.91 Å². The fraction of sp³-hybridized carbons (Fsp3) is 0.346. The molecule has 0 radical (unpaired) electrons.